The number of rotatable bonds is 0. The Morgan fingerprint density at radius 3 is 2.92 bits per heavy atom. The number of Topliss-reactive ketones (excluding diaryl/α,β-unsaturated/α-hetero) is 1. The highest BCUT2D eigenvalue weighted by atomic mass is 35.5. The summed E-state index contributed by atoms with van der Waals surface area (Å²) in [6.45, 7) is 2.62. The van der Waals surface area contributed by atoms with Crippen molar-refractivity contribution in [3.63, 3.8) is 0 Å². The summed E-state index contributed by atoms with van der Waals surface area (Å²) < 4.78 is 0. The Morgan fingerprint density at radius 1 is 1.46 bits per heavy atom. The smallest absolute Gasteiger partial charge is 0.167 e. The molecule has 0 unspecified atom stereocenters. The monoisotopic (exact) mass is 195 g/mol. The number of halogens is 1. The highest BCUT2D eigenvalue weighted by Crippen LogP contribution is 2.31. The van der Waals surface area contributed by atoms with Crippen molar-refractivity contribution >= 4 is 23.1 Å². The van der Waals surface area contributed by atoms with Crippen LogP contribution in [0.15, 0.2) is 12.1 Å². The van der Waals surface area contributed by atoms with Crippen LogP contribution in [0.25, 0.3) is 0 Å². The highest BCUT2D eigenvalue weighted by molar-refractivity contribution is 6.34. The van der Waals surface area contributed by atoms with Gasteiger partial charge in [-0.05, 0) is 18.6 Å². The van der Waals surface area contributed by atoms with Crippen LogP contribution in [0.4, 0.5) is 5.69 Å². The van der Waals surface area contributed by atoms with E-state index in [4.69, 9.17) is 11.6 Å². The van der Waals surface area contributed by atoms with Crippen molar-refractivity contribution in [3.05, 3.63) is 28.3 Å². The summed E-state index contributed by atoms with van der Waals surface area (Å²) in [6, 6.07) is 3.70. The van der Waals surface area contributed by atoms with Crippen LogP contribution in [-0.2, 0) is 0 Å². The zero-order chi connectivity index (χ0) is 9.42. The van der Waals surface area contributed by atoms with Crippen molar-refractivity contribution in [1.29, 1.82) is 0 Å². The third kappa shape index (κ3) is 1.31. The van der Waals surface area contributed by atoms with Crippen molar-refractivity contribution < 1.29 is 4.79 Å². The van der Waals surface area contributed by atoms with Gasteiger partial charge in [0.2, 0.25) is 0 Å². The van der Waals surface area contributed by atoms with Gasteiger partial charge in [-0.3, -0.25) is 4.79 Å². The molecular weight excluding hydrogens is 186 g/mol. The molecule has 13 heavy (non-hydrogen) atoms. The second-order valence-corrected chi connectivity index (χ2v) is 3.62. The van der Waals surface area contributed by atoms with Gasteiger partial charge in [0.1, 0.15) is 0 Å². The van der Waals surface area contributed by atoms with Crippen molar-refractivity contribution in [1.82, 2.24) is 0 Å². The molecule has 0 fully saturated rings. The number of hydrogen-bond acceptors (Lipinski definition) is 2. The van der Waals surface area contributed by atoms with E-state index >= 15 is 0 Å². The van der Waals surface area contributed by atoms with Crippen molar-refractivity contribution in [3.8, 4) is 0 Å². The predicted octanol–water partition coefficient (Wildman–Crippen LogP) is 2.65. The first-order chi connectivity index (χ1) is 6.20. The van der Waals surface area contributed by atoms with Crippen LogP contribution in [0.1, 0.15) is 22.3 Å². The summed E-state index contributed by atoms with van der Waals surface area (Å²) in [5, 5.41) is 3.78. The molecule has 0 atom stereocenters. The molecule has 0 saturated carbocycles. The molecule has 0 radical (unpaired) electrons. The van der Waals surface area contributed by atoms with Gasteiger partial charge in [0.25, 0.3) is 0 Å². The number of nitrogens with one attached hydrogen (secondary N) is 1. The maximum atomic E-state index is 11.6. The standard InChI is InChI=1S/C10H10ClNO/c1-6-2-3-7(11)10-9(6)8(13)4-5-12-10/h2-3,12H,4-5H2,1H3. The lowest BCUT2D eigenvalue weighted by Crippen LogP contribution is -2.19. The van der Waals surface area contributed by atoms with E-state index < -0.39 is 0 Å². The fourth-order valence-electron chi connectivity index (χ4n) is 1.64. The molecular formula is C10H10ClNO. The molecule has 0 spiro atoms. The van der Waals surface area contributed by atoms with Gasteiger partial charge in [0.05, 0.1) is 10.7 Å². The lowest BCUT2D eigenvalue weighted by Gasteiger charge is -2.19. The minimum atomic E-state index is 0.189. The molecule has 0 bridgehead atoms. The fourth-order valence-corrected chi connectivity index (χ4v) is 1.86. The Labute approximate surface area is 81.9 Å². The van der Waals surface area contributed by atoms with Gasteiger partial charge in [-0.1, -0.05) is 17.7 Å². The zero-order valence-corrected chi connectivity index (χ0v) is 8.11. The molecule has 2 rings (SSSR count). The fraction of sp³-hybridized carbons (Fsp3) is 0.300. The first-order valence-electron chi connectivity index (χ1n) is 4.26. The Kier molecular flexibility index (Phi) is 2.00. The molecule has 68 valence electrons. The van der Waals surface area contributed by atoms with Gasteiger partial charge < -0.3 is 5.32 Å². The number of fused-ring (bicyclic) bond motifs is 1. The summed E-state index contributed by atoms with van der Waals surface area (Å²) in [5.74, 6) is 0.189. The van der Waals surface area contributed by atoms with Gasteiger partial charge in [0.15, 0.2) is 5.78 Å². The maximum Gasteiger partial charge on any atom is 0.167 e. The predicted molar refractivity (Wildman–Crippen MR) is 53.6 cm³/mol. The van der Waals surface area contributed by atoms with E-state index in [-0.39, 0.29) is 5.78 Å². The third-order valence-electron chi connectivity index (χ3n) is 2.30. The molecule has 1 N–H and O–H groups in total. The average Bonchev–Trinajstić information content (AvgIpc) is 2.12. The van der Waals surface area contributed by atoms with E-state index in [2.05, 4.69) is 5.32 Å². The lowest BCUT2D eigenvalue weighted by atomic mass is 9.97. The second-order valence-electron chi connectivity index (χ2n) is 3.21. The minimum absolute atomic E-state index is 0.189. The average molecular weight is 196 g/mol. The van der Waals surface area contributed by atoms with Crippen molar-refractivity contribution in [2.45, 2.75) is 13.3 Å². The van der Waals surface area contributed by atoms with Crippen LogP contribution < -0.4 is 5.32 Å². The molecule has 0 saturated heterocycles. The zero-order valence-electron chi connectivity index (χ0n) is 7.36. The first-order valence-corrected chi connectivity index (χ1v) is 4.64. The number of carbonyl (C=O) groups excluding carboxylic acids is 1. The number of anilines is 1. The van der Waals surface area contributed by atoms with Gasteiger partial charge >= 0.3 is 0 Å². The molecule has 0 aromatic heterocycles. The SMILES string of the molecule is Cc1ccc(Cl)c2c1C(=O)CCN2. The Hall–Kier alpha value is -1.02. The van der Waals surface area contributed by atoms with E-state index in [1.54, 1.807) is 0 Å². The molecule has 1 aliphatic rings. The first kappa shape index (κ1) is 8.57. The molecule has 0 aliphatic carbocycles. The molecule has 0 amide bonds. The molecule has 1 aromatic carbocycles. The summed E-state index contributed by atoms with van der Waals surface area (Å²) in [5.41, 5.74) is 2.56. The molecule has 3 heteroatoms. The Morgan fingerprint density at radius 2 is 2.23 bits per heavy atom. The number of carbonyl (C=O) groups is 1. The van der Waals surface area contributed by atoms with Crippen LogP contribution in [0.5, 0.6) is 0 Å². The van der Waals surface area contributed by atoms with Gasteiger partial charge in [-0.15, -0.1) is 0 Å². The molecule has 1 heterocycles. The van der Waals surface area contributed by atoms with Crippen molar-refractivity contribution in [2.75, 3.05) is 11.9 Å². The van der Waals surface area contributed by atoms with Gasteiger partial charge in [0, 0.05) is 18.5 Å². The normalized spacial score (nSPS) is 15.1. The van der Waals surface area contributed by atoms with Gasteiger partial charge in [-0.25, -0.2) is 0 Å². The number of benzene rings is 1. The van der Waals surface area contributed by atoms with E-state index in [0.717, 1.165) is 16.8 Å². The molecule has 2 nitrogen and oxygen atoms in total. The van der Waals surface area contributed by atoms with E-state index in [9.17, 15) is 4.79 Å². The minimum Gasteiger partial charge on any atom is -0.383 e. The van der Waals surface area contributed by atoms with Crippen LogP contribution >= 0.6 is 11.6 Å². The van der Waals surface area contributed by atoms with Crippen LogP contribution in [0.3, 0.4) is 0 Å². The highest BCUT2D eigenvalue weighted by Gasteiger charge is 2.20. The Balaban J connectivity index is 2.67. The van der Waals surface area contributed by atoms with Crippen LogP contribution in [-0.4, -0.2) is 12.3 Å². The number of ketones is 1. The second kappa shape index (κ2) is 3.04. The van der Waals surface area contributed by atoms with E-state index in [0.29, 0.717) is 18.0 Å². The molecule has 1 aromatic rings. The number of aryl methyl sites for hydroxylation is 1. The summed E-state index contributed by atoms with van der Waals surface area (Å²) in [7, 11) is 0. The van der Waals surface area contributed by atoms with Crippen LogP contribution in [0, 0.1) is 6.92 Å². The van der Waals surface area contributed by atoms with Crippen molar-refractivity contribution in [2.24, 2.45) is 0 Å². The summed E-state index contributed by atoms with van der Waals surface area (Å²) in [4.78, 5) is 11.6. The van der Waals surface area contributed by atoms with Crippen LogP contribution in [0.2, 0.25) is 5.02 Å². The maximum absolute atomic E-state index is 11.6. The number of hydrogen-bond donors (Lipinski definition) is 1. The summed E-state index contributed by atoms with van der Waals surface area (Å²) in [6.07, 6.45) is 0.564. The third-order valence-corrected chi connectivity index (χ3v) is 2.61. The lowest BCUT2D eigenvalue weighted by molar-refractivity contribution is 0.0983. The molecule has 1 aliphatic heterocycles. The van der Waals surface area contributed by atoms with E-state index in [1.807, 2.05) is 19.1 Å². The largest absolute Gasteiger partial charge is 0.383 e. The summed E-state index contributed by atoms with van der Waals surface area (Å²) >= 11 is 5.96. The van der Waals surface area contributed by atoms with Gasteiger partial charge in [-0.2, -0.15) is 0 Å². The quantitative estimate of drug-likeness (QED) is 0.690. The topological polar surface area (TPSA) is 29.1 Å². The Bertz CT molecular complexity index is 373. The van der Waals surface area contributed by atoms with E-state index in [1.165, 1.54) is 0 Å².